The van der Waals surface area contributed by atoms with Crippen LogP contribution in [0.1, 0.15) is 11.1 Å². The first kappa shape index (κ1) is 16.6. The number of methoxy groups -OCH3 is 3. The van der Waals surface area contributed by atoms with Crippen LogP contribution < -0.4 is 14.2 Å². The van der Waals surface area contributed by atoms with E-state index in [1.165, 1.54) is 7.11 Å². The SMILES string of the molecule is COc1ccc(/C(=N/O)c2cccc3ccccc23)c(OC)c1OC. The molecule has 1 N–H and O–H groups in total. The van der Waals surface area contributed by atoms with Gasteiger partial charge < -0.3 is 19.4 Å². The molecule has 3 rings (SSSR count). The van der Waals surface area contributed by atoms with Crippen molar-refractivity contribution in [2.45, 2.75) is 0 Å². The highest BCUT2D eigenvalue weighted by Gasteiger charge is 2.21. The quantitative estimate of drug-likeness (QED) is 0.433. The van der Waals surface area contributed by atoms with Crippen molar-refractivity contribution in [1.82, 2.24) is 0 Å². The third-order valence-corrected chi connectivity index (χ3v) is 4.10. The van der Waals surface area contributed by atoms with Gasteiger partial charge in [0, 0.05) is 5.56 Å². The summed E-state index contributed by atoms with van der Waals surface area (Å²) < 4.78 is 16.3. The highest BCUT2D eigenvalue weighted by Crippen LogP contribution is 2.41. The van der Waals surface area contributed by atoms with Gasteiger partial charge in [-0.05, 0) is 22.9 Å². The Balaban J connectivity index is 2.26. The molecule has 0 aliphatic heterocycles. The van der Waals surface area contributed by atoms with Crippen molar-refractivity contribution in [3.63, 3.8) is 0 Å². The molecule has 0 unspecified atom stereocenters. The molecular weight excluding hydrogens is 318 g/mol. The molecule has 0 amide bonds. The minimum atomic E-state index is 0.398. The Bertz CT molecular complexity index is 929. The number of ether oxygens (including phenoxy) is 3. The van der Waals surface area contributed by atoms with Crippen molar-refractivity contribution < 1.29 is 19.4 Å². The summed E-state index contributed by atoms with van der Waals surface area (Å²) >= 11 is 0. The molecule has 0 saturated carbocycles. The van der Waals surface area contributed by atoms with E-state index in [0.29, 0.717) is 28.5 Å². The molecule has 0 spiro atoms. The molecule has 5 heteroatoms. The van der Waals surface area contributed by atoms with Gasteiger partial charge in [0.15, 0.2) is 11.5 Å². The van der Waals surface area contributed by atoms with E-state index in [2.05, 4.69) is 5.16 Å². The van der Waals surface area contributed by atoms with Crippen molar-refractivity contribution in [2.24, 2.45) is 5.16 Å². The molecule has 0 bridgehead atoms. The molecule has 0 fully saturated rings. The van der Waals surface area contributed by atoms with Gasteiger partial charge >= 0.3 is 0 Å². The van der Waals surface area contributed by atoms with Crippen LogP contribution in [0.15, 0.2) is 59.8 Å². The number of oxime groups is 1. The second kappa shape index (κ2) is 7.13. The molecule has 3 aromatic carbocycles. The van der Waals surface area contributed by atoms with Crippen LogP contribution in [0.4, 0.5) is 0 Å². The first-order valence-electron chi connectivity index (χ1n) is 7.74. The van der Waals surface area contributed by atoms with Gasteiger partial charge in [-0.2, -0.15) is 0 Å². The van der Waals surface area contributed by atoms with Crippen molar-refractivity contribution in [2.75, 3.05) is 21.3 Å². The molecule has 5 nitrogen and oxygen atoms in total. The molecule has 3 aromatic rings. The van der Waals surface area contributed by atoms with Gasteiger partial charge in [-0.1, -0.05) is 47.6 Å². The first-order chi connectivity index (χ1) is 12.2. The Kier molecular flexibility index (Phi) is 4.75. The predicted octanol–water partition coefficient (Wildman–Crippen LogP) is 4.09. The normalized spacial score (nSPS) is 11.4. The predicted molar refractivity (Wildman–Crippen MR) is 97.5 cm³/mol. The van der Waals surface area contributed by atoms with Crippen LogP contribution >= 0.6 is 0 Å². The standard InChI is InChI=1S/C20H19NO4/c1-23-17-12-11-16(19(24-2)20(17)25-3)18(21-22)15-10-6-8-13-7-4-5-9-14(13)15/h4-12,22H,1-3H3/b21-18+. The van der Waals surface area contributed by atoms with E-state index in [-0.39, 0.29) is 0 Å². The summed E-state index contributed by atoms with van der Waals surface area (Å²) in [5.41, 5.74) is 1.81. The van der Waals surface area contributed by atoms with Gasteiger partial charge in [-0.25, -0.2) is 0 Å². The van der Waals surface area contributed by atoms with Crippen LogP contribution in [0.3, 0.4) is 0 Å². The smallest absolute Gasteiger partial charge is 0.203 e. The monoisotopic (exact) mass is 337 g/mol. The van der Waals surface area contributed by atoms with E-state index < -0.39 is 0 Å². The van der Waals surface area contributed by atoms with Crippen molar-refractivity contribution in [3.05, 3.63) is 65.7 Å². The van der Waals surface area contributed by atoms with Crippen LogP contribution in [0, 0.1) is 0 Å². The van der Waals surface area contributed by atoms with Crippen molar-refractivity contribution in [1.29, 1.82) is 0 Å². The number of benzene rings is 3. The van der Waals surface area contributed by atoms with Gasteiger partial charge in [0.05, 0.1) is 26.9 Å². The van der Waals surface area contributed by atoms with Crippen molar-refractivity contribution in [3.8, 4) is 17.2 Å². The molecule has 0 saturated heterocycles. The maximum absolute atomic E-state index is 9.76. The molecular formula is C20H19NO4. The summed E-state index contributed by atoms with van der Waals surface area (Å²) in [6.07, 6.45) is 0. The van der Waals surface area contributed by atoms with Crippen LogP contribution in [0.5, 0.6) is 17.2 Å². The molecule has 0 radical (unpaired) electrons. The zero-order chi connectivity index (χ0) is 17.8. The minimum absolute atomic E-state index is 0.398. The molecule has 0 aliphatic rings. The second-order valence-corrected chi connectivity index (χ2v) is 5.36. The average molecular weight is 337 g/mol. The average Bonchev–Trinajstić information content (AvgIpc) is 2.68. The van der Waals surface area contributed by atoms with Crippen molar-refractivity contribution >= 4 is 16.5 Å². The third-order valence-electron chi connectivity index (χ3n) is 4.10. The summed E-state index contributed by atoms with van der Waals surface area (Å²) in [5, 5.41) is 15.4. The van der Waals surface area contributed by atoms with Crippen LogP contribution in [0.2, 0.25) is 0 Å². The maximum atomic E-state index is 9.76. The number of rotatable bonds is 5. The summed E-state index contributed by atoms with van der Waals surface area (Å²) in [6.45, 7) is 0. The van der Waals surface area contributed by atoms with Crippen LogP contribution in [0.25, 0.3) is 10.8 Å². The van der Waals surface area contributed by atoms with Gasteiger partial charge in [0.25, 0.3) is 0 Å². The molecule has 128 valence electrons. The Morgan fingerprint density at radius 1 is 0.760 bits per heavy atom. The minimum Gasteiger partial charge on any atom is -0.493 e. The zero-order valence-corrected chi connectivity index (χ0v) is 14.3. The largest absolute Gasteiger partial charge is 0.493 e. The fraction of sp³-hybridized carbons (Fsp3) is 0.150. The summed E-state index contributed by atoms with van der Waals surface area (Å²) in [6, 6.07) is 17.3. The van der Waals surface area contributed by atoms with Gasteiger partial charge in [-0.3, -0.25) is 0 Å². The Hall–Kier alpha value is -3.21. The third kappa shape index (κ3) is 2.85. The number of hydrogen-bond donors (Lipinski definition) is 1. The van der Waals surface area contributed by atoms with E-state index in [9.17, 15) is 5.21 Å². The zero-order valence-electron chi connectivity index (χ0n) is 14.3. The first-order valence-corrected chi connectivity index (χ1v) is 7.74. The topological polar surface area (TPSA) is 60.3 Å². The lowest BCUT2D eigenvalue weighted by Gasteiger charge is -2.17. The highest BCUT2D eigenvalue weighted by atomic mass is 16.5. The molecule has 0 atom stereocenters. The van der Waals surface area contributed by atoms with Crippen LogP contribution in [-0.2, 0) is 0 Å². The highest BCUT2D eigenvalue weighted by molar-refractivity contribution is 6.20. The second-order valence-electron chi connectivity index (χ2n) is 5.36. The molecule has 0 aromatic heterocycles. The summed E-state index contributed by atoms with van der Waals surface area (Å²) in [7, 11) is 4.64. The fourth-order valence-corrected chi connectivity index (χ4v) is 2.97. The lowest BCUT2D eigenvalue weighted by Crippen LogP contribution is -2.08. The Morgan fingerprint density at radius 3 is 2.16 bits per heavy atom. The number of nitrogens with zero attached hydrogens (tertiary/aromatic N) is 1. The van der Waals surface area contributed by atoms with E-state index >= 15 is 0 Å². The van der Waals surface area contributed by atoms with E-state index in [4.69, 9.17) is 14.2 Å². The summed E-state index contributed by atoms with van der Waals surface area (Å²) in [5.74, 6) is 1.43. The fourth-order valence-electron chi connectivity index (χ4n) is 2.97. The summed E-state index contributed by atoms with van der Waals surface area (Å²) in [4.78, 5) is 0. The van der Waals surface area contributed by atoms with Gasteiger partial charge in [0.1, 0.15) is 5.71 Å². The van der Waals surface area contributed by atoms with E-state index in [1.54, 1.807) is 26.4 Å². The number of fused-ring (bicyclic) bond motifs is 1. The lowest BCUT2D eigenvalue weighted by atomic mass is 9.95. The van der Waals surface area contributed by atoms with E-state index in [1.807, 2.05) is 42.5 Å². The maximum Gasteiger partial charge on any atom is 0.203 e. The molecule has 0 heterocycles. The lowest BCUT2D eigenvalue weighted by molar-refractivity contribution is 0.316. The van der Waals surface area contributed by atoms with Gasteiger partial charge in [0.2, 0.25) is 5.75 Å². The molecule has 25 heavy (non-hydrogen) atoms. The van der Waals surface area contributed by atoms with Gasteiger partial charge in [-0.15, -0.1) is 0 Å². The number of hydrogen-bond acceptors (Lipinski definition) is 5. The molecule has 0 aliphatic carbocycles. The van der Waals surface area contributed by atoms with E-state index in [0.717, 1.165) is 16.3 Å². The van der Waals surface area contributed by atoms with Crippen LogP contribution in [-0.4, -0.2) is 32.2 Å². The Morgan fingerprint density at radius 2 is 1.48 bits per heavy atom. The Labute approximate surface area is 146 Å².